The molecule has 1 aromatic carbocycles. The Morgan fingerprint density at radius 2 is 2.17 bits per heavy atom. The molecule has 8 heteroatoms. The van der Waals surface area contributed by atoms with E-state index in [-0.39, 0.29) is 23.4 Å². The summed E-state index contributed by atoms with van der Waals surface area (Å²) in [7, 11) is 0. The molecule has 0 radical (unpaired) electrons. The van der Waals surface area contributed by atoms with Gasteiger partial charge in [-0.2, -0.15) is 5.10 Å². The van der Waals surface area contributed by atoms with Gasteiger partial charge in [-0.1, -0.05) is 12.1 Å². The number of hydrogen-bond donors (Lipinski definition) is 0. The number of amides is 1. The van der Waals surface area contributed by atoms with Crippen LogP contribution < -0.4 is 0 Å². The molecule has 6 nitrogen and oxygen atoms in total. The first kappa shape index (κ1) is 19.7. The molecule has 2 atom stereocenters. The third-order valence-electron chi connectivity index (χ3n) is 5.83. The van der Waals surface area contributed by atoms with Crippen LogP contribution in [0.25, 0.3) is 10.2 Å². The number of fused-ring (bicyclic) bond motifs is 1. The summed E-state index contributed by atoms with van der Waals surface area (Å²) in [5.41, 5.74) is 1.48. The minimum absolute atomic E-state index is 0.0190. The Labute approximate surface area is 178 Å². The molecule has 2 fully saturated rings. The van der Waals surface area contributed by atoms with Crippen molar-refractivity contribution in [3.05, 3.63) is 52.3 Å². The number of aromatic nitrogens is 2. The van der Waals surface area contributed by atoms with Crippen molar-refractivity contribution in [1.82, 2.24) is 14.7 Å². The third kappa shape index (κ3) is 3.53. The fourth-order valence-corrected chi connectivity index (χ4v) is 5.56. The number of aryl methyl sites for hydroxylation is 1. The van der Waals surface area contributed by atoms with Gasteiger partial charge in [0.1, 0.15) is 16.2 Å². The number of hydrogen-bond acceptors (Lipinski definition) is 5. The molecule has 0 saturated carbocycles. The van der Waals surface area contributed by atoms with E-state index in [4.69, 9.17) is 9.47 Å². The normalized spacial score (nSPS) is 24.2. The summed E-state index contributed by atoms with van der Waals surface area (Å²) in [4.78, 5) is 16.9. The summed E-state index contributed by atoms with van der Waals surface area (Å²) >= 11 is 1.46. The van der Waals surface area contributed by atoms with Crippen molar-refractivity contribution >= 4 is 27.5 Å². The quantitative estimate of drug-likeness (QED) is 0.638. The lowest BCUT2D eigenvalue weighted by Gasteiger charge is -2.42. The van der Waals surface area contributed by atoms with Gasteiger partial charge in [0.25, 0.3) is 5.91 Å². The van der Waals surface area contributed by atoms with E-state index in [1.54, 1.807) is 12.1 Å². The number of carbonyl (C=O) groups is 1. The van der Waals surface area contributed by atoms with E-state index in [9.17, 15) is 9.18 Å². The lowest BCUT2D eigenvalue weighted by atomic mass is 9.99. The molecule has 0 N–H and O–H groups in total. The van der Waals surface area contributed by atoms with Gasteiger partial charge in [-0.05, 0) is 37.6 Å². The number of ether oxygens (including phenoxy) is 2. The van der Waals surface area contributed by atoms with E-state index in [1.807, 2.05) is 29.5 Å². The van der Waals surface area contributed by atoms with Crippen LogP contribution in [0.15, 0.2) is 30.3 Å². The fraction of sp³-hybridized carbons (Fsp3) is 0.455. The molecule has 1 spiro atoms. The standard InChI is InChI=1S/C22H24FN3O3S/c1-14-10-25(12-22(29-14)7-8-28-13-22)20(27)19-9-18-15(2)24-26(21(18)30-19)11-16-3-5-17(23)6-4-16/h3-6,9,14H,7-8,10-13H2,1-2H3/t14-,22+/m0/s1. The maximum atomic E-state index is 13.3. The molecular formula is C22H24FN3O3S. The zero-order chi connectivity index (χ0) is 20.9. The van der Waals surface area contributed by atoms with Crippen molar-refractivity contribution in [2.24, 2.45) is 0 Å². The maximum absolute atomic E-state index is 13.3. The molecular weight excluding hydrogens is 405 g/mol. The fourth-order valence-electron chi connectivity index (χ4n) is 4.43. The summed E-state index contributed by atoms with van der Waals surface area (Å²) in [5, 5.41) is 5.61. The molecule has 30 heavy (non-hydrogen) atoms. The van der Waals surface area contributed by atoms with Gasteiger partial charge in [-0.3, -0.25) is 9.48 Å². The van der Waals surface area contributed by atoms with Gasteiger partial charge in [0.15, 0.2) is 0 Å². The maximum Gasteiger partial charge on any atom is 0.264 e. The van der Waals surface area contributed by atoms with E-state index < -0.39 is 0 Å². The highest BCUT2D eigenvalue weighted by atomic mass is 32.1. The average Bonchev–Trinajstić information content (AvgIpc) is 3.41. The Bertz CT molecular complexity index is 1090. The Morgan fingerprint density at radius 3 is 2.90 bits per heavy atom. The molecule has 4 heterocycles. The van der Waals surface area contributed by atoms with E-state index in [0.29, 0.717) is 37.7 Å². The van der Waals surface area contributed by atoms with Gasteiger partial charge >= 0.3 is 0 Å². The van der Waals surface area contributed by atoms with Crippen molar-refractivity contribution in [1.29, 1.82) is 0 Å². The van der Waals surface area contributed by atoms with Crippen LogP contribution in [0.2, 0.25) is 0 Å². The molecule has 2 aliphatic rings. The number of morpholine rings is 1. The molecule has 3 aromatic rings. The summed E-state index contributed by atoms with van der Waals surface area (Å²) in [6, 6.07) is 8.37. The molecule has 1 amide bonds. The van der Waals surface area contributed by atoms with Crippen LogP contribution in [0.4, 0.5) is 4.39 Å². The monoisotopic (exact) mass is 429 g/mol. The number of carbonyl (C=O) groups excluding carboxylic acids is 1. The van der Waals surface area contributed by atoms with Gasteiger partial charge < -0.3 is 14.4 Å². The molecule has 2 aromatic heterocycles. The van der Waals surface area contributed by atoms with Crippen molar-refractivity contribution in [2.75, 3.05) is 26.3 Å². The average molecular weight is 430 g/mol. The highest BCUT2D eigenvalue weighted by Crippen LogP contribution is 2.33. The lowest BCUT2D eigenvalue weighted by molar-refractivity contribution is -0.138. The zero-order valence-corrected chi connectivity index (χ0v) is 17.9. The smallest absolute Gasteiger partial charge is 0.264 e. The second-order valence-corrected chi connectivity index (χ2v) is 9.33. The topological polar surface area (TPSA) is 56.6 Å². The number of rotatable bonds is 3. The second kappa shape index (κ2) is 7.44. The summed E-state index contributed by atoms with van der Waals surface area (Å²) in [5.74, 6) is -0.222. The number of halogens is 1. The van der Waals surface area contributed by atoms with Gasteiger partial charge in [0, 0.05) is 25.0 Å². The molecule has 0 aliphatic carbocycles. The van der Waals surface area contributed by atoms with Crippen LogP contribution in [0.5, 0.6) is 0 Å². The van der Waals surface area contributed by atoms with Crippen LogP contribution >= 0.6 is 11.3 Å². The van der Waals surface area contributed by atoms with Crippen LogP contribution in [0, 0.1) is 12.7 Å². The summed E-state index contributed by atoms with van der Waals surface area (Å²) in [6.07, 6.45) is 0.800. The van der Waals surface area contributed by atoms with E-state index >= 15 is 0 Å². The summed E-state index contributed by atoms with van der Waals surface area (Å²) < 4.78 is 26.8. The van der Waals surface area contributed by atoms with Crippen molar-refractivity contribution in [2.45, 2.75) is 38.5 Å². The largest absolute Gasteiger partial charge is 0.378 e. The Hall–Kier alpha value is -2.29. The van der Waals surface area contributed by atoms with E-state index in [2.05, 4.69) is 5.10 Å². The molecule has 2 aliphatic heterocycles. The van der Waals surface area contributed by atoms with Gasteiger partial charge in [-0.25, -0.2) is 4.39 Å². The lowest BCUT2D eigenvalue weighted by Crippen LogP contribution is -2.56. The molecule has 5 rings (SSSR count). The first-order chi connectivity index (χ1) is 14.4. The molecule has 0 bridgehead atoms. The van der Waals surface area contributed by atoms with Crippen molar-refractivity contribution in [3.63, 3.8) is 0 Å². The molecule has 158 valence electrons. The molecule has 0 unspecified atom stereocenters. The predicted molar refractivity (Wildman–Crippen MR) is 112 cm³/mol. The van der Waals surface area contributed by atoms with Crippen molar-refractivity contribution in [3.8, 4) is 0 Å². The number of thiophene rings is 1. The van der Waals surface area contributed by atoms with Crippen LogP contribution in [0.3, 0.4) is 0 Å². The minimum Gasteiger partial charge on any atom is -0.378 e. The van der Waals surface area contributed by atoms with E-state index in [1.165, 1.54) is 23.5 Å². The van der Waals surface area contributed by atoms with Crippen LogP contribution in [-0.4, -0.2) is 58.6 Å². The van der Waals surface area contributed by atoms with Gasteiger partial charge in [0.05, 0.1) is 36.4 Å². The molecule has 2 saturated heterocycles. The van der Waals surface area contributed by atoms with Gasteiger partial charge in [0.2, 0.25) is 0 Å². The predicted octanol–water partition coefficient (Wildman–Crippen LogP) is 3.61. The number of benzene rings is 1. The Kier molecular flexibility index (Phi) is 4.88. The van der Waals surface area contributed by atoms with Crippen molar-refractivity contribution < 1.29 is 18.7 Å². The SMILES string of the molecule is Cc1nn(Cc2ccc(F)cc2)c2sc(C(=O)N3C[C@H](C)O[C@]4(CCOC4)C3)cc12. The van der Waals surface area contributed by atoms with E-state index in [0.717, 1.165) is 27.9 Å². The minimum atomic E-state index is -0.376. The highest BCUT2D eigenvalue weighted by molar-refractivity contribution is 7.20. The van der Waals surface area contributed by atoms with Crippen LogP contribution in [0.1, 0.15) is 34.3 Å². The number of nitrogens with zero attached hydrogens (tertiary/aromatic N) is 3. The first-order valence-corrected chi connectivity index (χ1v) is 11.0. The highest BCUT2D eigenvalue weighted by Gasteiger charge is 2.44. The van der Waals surface area contributed by atoms with Gasteiger partial charge in [-0.15, -0.1) is 11.3 Å². The zero-order valence-electron chi connectivity index (χ0n) is 17.1. The second-order valence-electron chi connectivity index (χ2n) is 8.30. The first-order valence-electron chi connectivity index (χ1n) is 10.2. The van der Waals surface area contributed by atoms with Crippen LogP contribution in [-0.2, 0) is 16.0 Å². The summed E-state index contributed by atoms with van der Waals surface area (Å²) in [6.45, 7) is 6.85. The Balaban J connectivity index is 1.42. The Morgan fingerprint density at radius 1 is 1.37 bits per heavy atom. The third-order valence-corrected chi connectivity index (χ3v) is 6.96.